The smallest absolute Gasteiger partial charge is 0.327 e. The molecule has 0 fully saturated rings. The molecule has 3 N–H and O–H groups in total. The van der Waals surface area contributed by atoms with Gasteiger partial charge in [0.2, 0.25) is 5.91 Å². The van der Waals surface area contributed by atoms with Gasteiger partial charge in [-0.05, 0) is 0 Å². The van der Waals surface area contributed by atoms with Crippen molar-refractivity contribution in [3.63, 3.8) is 0 Å². The molecule has 0 saturated carbocycles. The van der Waals surface area contributed by atoms with Crippen molar-refractivity contribution in [1.82, 2.24) is 9.55 Å². The molecule has 0 aliphatic rings. The standard InChI is InChI=1S/C7H7Cl2N3O3/c8-5-6(9)12(2-11-5)3(7(14)15)1-4(10)13/h2-3H,1H2,(H2,10,13)(H,14,15). The lowest BCUT2D eigenvalue weighted by Crippen LogP contribution is -2.25. The van der Waals surface area contributed by atoms with Gasteiger partial charge in [0.05, 0.1) is 12.7 Å². The van der Waals surface area contributed by atoms with E-state index in [9.17, 15) is 9.59 Å². The summed E-state index contributed by atoms with van der Waals surface area (Å²) in [6.07, 6.45) is 0.772. The lowest BCUT2D eigenvalue weighted by molar-refractivity contribution is -0.142. The quantitative estimate of drug-likeness (QED) is 0.823. The summed E-state index contributed by atoms with van der Waals surface area (Å²) in [5.74, 6) is -1.98. The molecule has 0 aliphatic carbocycles. The number of hydrogen-bond acceptors (Lipinski definition) is 3. The minimum absolute atomic E-state index is 0.0209. The minimum Gasteiger partial charge on any atom is -0.480 e. The molecule has 0 bridgehead atoms. The van der Waals surface area contributed by atoms with E-state index in [1.807, 2.05) is 0 Å². The Morgan fingerprint density at radius 1 is 1.60 bits per heavy atom. The molecule has 1 unspecified atom stereocenters. The first-order chi connectivity index (χ1) is 6.93. The van der Waals surface area contributed by atoms with E-state index in [1.54, 1.807) is 0 Å². The first-order valence-corrected chi connectivity index (χ1v) is 4.58. The van der Waals surface area contributed by atoms with Gasteiger partial charge in [-0.15, -0.1) is 0 Å². The Balaban J connectivity index is 3.04. The van der Waals surface area contributed by atoms with Crippen LogP contribution in [-0.2, 0) is 9.59 Å². The number of nitrogens with zero attached hydrogens (tertiary/aromatic N) is 2. The van der Waals surface area contributed by atoms with Gasteiger partial charge in [0.25, 0.3) is 0 Å². The van der Waals surface area contributed by atoms with Crippen LogP contribution < -0.4 is 5.73 Å². The highest BCUT2D eigenvalue weighted by atomic mass is 35.5. The van der Waals surface area contributed by atoms with Crippen molar-refractivity contribution < 1.29 is 14.7 Å². The zero-order chi connectivity index (χ0) is 11.6. The molecule has 0 saturated heterocycles. The Hall–Kier alpha value is -1.27. The number of rotatable bonds is 4. The number of carbonyl (C=O) groups is 2. The van der Waals surface area contributed by atoms with Gasteiger partial charge < -0.3 is 15.4 Å². The molecule has 1 atom stereocenters. The number of carboxylic acid groups (broad SMARTS) is 1. The molecule has 0 aliphatic heterocycles. The van der Waals surface area contributed by atoms with E-state index in [2.05, 4.69) is 4.98 Å². The van der Waals surface area contributed by atoms with E-state index in [1.165, 1.54) is 0 Å². The second-order valence-corrected chi connectivity index (χ2v) is 3.47. The molecule has 1 aromatic rings. The Bertz CT molecular complexity index is 404. The topological polar surface area (TPSA) is 98.2 Å². The van der Waals surface area contributed by atoms with Crippen LogP contribution in [0.2, 0.25) is 10.3 Å². The van der Waals surface area contributed by atoms with Crippen molar-refractivity contribution >= 4 is 35.1 Å². The number of nitrogens with two attached hydrogens (primary N) is 1. The number of imidazole rings is 1. The van der Waals surface area contributed by atoms with E-state index in [-0.39, 0.29) is 16.7 Å². The number of carbonyl (C=O) groups excluding carboxylic acids is 1. The van der Waals surface area contributed by atoms with Crippen LogP contribution in [0.5, 0.6) is 0 Å². The Kier molecular flexibility index (Phi) is 3.54. The molecular formula is C7H7Cl2N3O3. The third-order valence-electron chi connectivity index (χ3n) is 1.71. The lowest BCUT2D eigenvalue weighted by Gasteiger charge is -2.12. The van der Waals surface area contributed by atoms with Crippen LogP contribution in [0.25, 0.3) is 0 Å². The maximum absolute atomic E-state index is 10.8. The zero-order valence-corrected chi connectivity index (χ0v) is 8.87. The highest BCUT2D eigenvalue weighted by Gasteiger charge is 2.24. The molecule has 6 nitrogen and oxygen atoms in total. The van der Waals surface area contributed by atoms with Crippen molar-refractivity contribution in [3.8, 4) is 0 Å². The second-order valence-electron chi connectivity index (χ2n) is 2.76. The predicted molar refractivity (Wildman–Crippen MR) is 52.7 cm³/mol. The van der Waals surface area contributed by atoms with Crippen LogP contribution in [0.1, 0.15) is 12.5 Å². The van der Waals surface area contributed by atoms with Gasteiger partial charge in [0.1, 0.15) is 11.2 Å². The van der Waals surface area contributed by atoms with Gasteiger partial charge in [0, 0.05) is 0 Å². The molecule has 0 spiro atoms. The Morgan fingerprint density at radius 2 is 2.20 bits per heavy atom. The molecule has 1 heterocycles. The third kappa shape index (κ3) is 2.60. The molecule has 0 aromatic carbocycles. The monoisotopic (exact) mass is 251 g/mol. The van der Waals surface area contributed by atoms with Gasteiger partial charge >= 0.3 is 5.97 Å². The van der Waals surface area contributed by atoms with E-state index >= 15 is 0 Å². The van der Waals surface area contributed by atoms with Crippen LogP contribution in [-0.4, -0.2) is 26.5 Å². The molecule has 1 amide bonds. The molecular weight excluding hydrogens is 245 g/mol. The van der Waals surface area contributed by atoms with Gasteiger partial charge in [-0.2, -0.15) is 0 Å². The van der Waals surface area contributed by atoms with Crippen LogP contribution >= 0.6 is 23.2 Å². The van der Waals surface area contributed by atoms with Gasteiger partial charge in [-0.1, -0.05) is 23.2 Å². The Morgan fingerprint density at radius 3 is 2.53 bits per heavy atom. The summed E-state index contributed by atoms with van der Waals surface area (Å²) in [6.45, 7) is 0. The van der Waals surface area contributed by atoms with Gasteiger partial charge in [0.15, 0.2) is 5.15 Å². The van der Waals surface area contributed by atoms with Crippen molar-refractivity contribution in [2.24, 2.45) is 5.73 Å². The number of amides is 1. The number of hydrogen-bond donors (Lipinski definition) is 2. The maximum Gasteiger partial charge on any atom is 0.327 e. The Labute approximate surface area is 94.6 Å². The van der Waals surface area contributed by atoms with Gasteiger partial charge in [-0.3, -0.25) is 4.79 Å². The second kappa shape index (κ2) is 4.50. The zero-order valence-electron chi connectivity index (χ0n) is 7.35. The fraction of sp³-hybridized carbons (Fsp3) is 0.286. The van der Waals surface area contributed by atoms with Crippen molar-refractivity contribution in [2.45, 2.75) is 12.5 Å². The third-order valence-corrected chi connectivity index (χ3v) is 2.46. The average molecular weight is 252 g/mol. The molecule has 1 aromatic heterocycles. The number of carboxylic acids is 1. The van der Waals surface area contributed by atoms with Crippen LogP contribution in [0.4, 0.5) is 0 Å². The number of aliphatic carboxylic acids is 1. The largest absolute Gasteiger partial charge is 0.480 e. The summed E-state index contributed by atoms with van der Waals surface area (Å²) in [5, 5.41) is 8.79. The summed E-state index contributed by atoms with van der Waals surface area (Å²) >= 11 is 11.2. The SMILES string of the molecule is NC(=O)CC(C(=O)O)n1cnc(Cl)c1Cl. The number of primary amides is 1. The molecule has 82 valence electrons. The summed E-state index contributed by atoms with van der Waals surface area (Å²) in [5.41, 5.74) is 4.91. The fourth-order valence-corrected chi connectivity index (χ4v) is 1.39. The van der Waals surface area contributed by atoms with Crippen LogP contribution in [0.15, 0.2) is 6.33 Å². The minimum atomic E-state index is -1.23. The number of aromatic nitrogens is 2. The van der Waals surface area contributed by atoms with E-state index in [0.29, 0.717) is 0 Å². The van der Waals surface area contributed by atoms with Crippen molar-refractivity contribution in [2.75, 3.05) is 0 Å². The first-order valence-electron chi connectivity index (χ1n) is 3.82. The first kappa shape index (κ1) is 11.8. The van der Waals surface area contributed by atoms with Crippen molar-refractivity contribution in [3.05, 3.63) is 16.6 Å². The molecule has 1 rings (SSSR count). The average Bonchev–Trinajstić information content (AvgIpc) is 2.44. The van der Waals surface area contributed by atoms with E-state index in [4.69, 9.17) is 34.0 Å². The predicted octanol–water partition coefficient (Wildman–Crippen LogP) is 0.691. The molecule has 0 radical (unpaired) electrons. The van der Waals surface area contributed by atoms with Crippen LogP contribution in [0, 0.1) is 0 Å². The van der Waals surface area contributed by atoms with Crippen LogP contribution in [0.3, 0.4) is 0 Å². The normalized spacial score (nSPS) is 12.4. The number of halogens is 2. The molecule has 8 heteroatoms. The molecule has 15 heavy (non-hydrogen) atoms. The van der Waals surface area contributed by atoms with E-state index < -0.39 is 17.9 Å². The van der Waals surface area contributed by atoms with Crippen molar-refractivity contribution in [1.29, 1.82) is 0 Å². The highest BCUT2D eigenvalue weighted by Crippen LogP contribution is 2.25. The van der Waals surface area contributed by atoms with E-state index in [0.717, 1.165) is 10.9 Å². The summed E-state index contributed by atoms with van der Waals surface area (Å²) in [4.78, 5) is 25.1. The summed E-state index contributed by atoms with van der Waals surface area (Å²) in [6, 6.07) is -1.19. The highest BCUT2D eigenvalue weighted by molar-refractivity contribution is 6.40. The lowest BCUT2D eigenvalue weighted by atomic mass is 10.2. The van der Waals surface area contributed by atoms with Gasteiger partial charge in [-0.25, -0.2) is 9.78 Å². The maximum atomic E-state index is 10.8. The fourth-order valence-electron chi connectivity index (χ4n) is 1.04. The summed E-state index contributed by atoms with van der Waals surface area (Å²) < 4.78 is 1.08. The summed E-state index contributed by atoms with van der Waals surface area (Å²) in [7, 11) is 0.